The standard InChI is InChI=1S/C28H21Cl2N3O2S/c1-17-7-10-20(11-8-17)33-27(35)22(26(34)31(2)28(33)36)14-19-16-32(25-6-4-3-5-21(19)25)15-18-9-12-23(29)24(30)13-18/h3-14,16H,15H2,1-2H3/b22-14+. The van der Waals surface area contributed by atoms with Gasteiger partial charge in [0.1, 0.15) is 5.57 Å². The maximum atomic E-state index is 13.6. The molecule has 1 saturated heterocycles. The molecule has 1 aliphatic rings. The molecule has 1 fully saturated rings. The van der Waals surface area contributed by atoms with E-state index in [0.29, 0.717) is 22.3 Å². The molecule has 180 valence electrons. The van der Waals surface area contributed by atoms with Crippen LogP contribution >= 0.6 is 35.4 Å². The number of aromatic nitrogens is 1. The smallest absolute Gasteiger partial charge is 0.270 e. The Kier molecular flexibility index (Phi) is 6.43. The number of nitrogens with zero attached hydrogens (tertiary/aromatic N) is 3. The number of carbonyl (C=O) groups is 2. The van der Waals surface area contributed by atoms with Crippen LogP contribution in [0.15, 0.2) is 78.5 Å². The number of hydrogen-bond donors (Lipinski definition) is 0. The summed E-state index contributed by atoms with van der Waals surface area (Å²) in [6, 6.07) is 20.8. The van der Waals surface area contributed by atoms with Gasteiger partial charge in [0.05, 0.1) is 15.7 Å². The van der Waals surface area contributed by atoms with Gasteiger partial charge in [-0.1, -0.05) is 65.2 Å². The van der Waals surface area contributed by atoms with E-state index >= 15 is 0 Å². The van der Waals surface area contributed by atoms with Gasteiger partial charge in [0.25, 0.3) is 11.8 Å². The zero-order valence-corrected chi connectivity index (χ0v) is 21.9. The summed E-state index contributed by atoms with van der Waals surface area (Å²) in [5.41, 5.74) is 4.42. The van der Waals surface area contributed by atoms with Crippen molar-refractivity contribution in [3.05, 3.63) is 105 Å². The second-order valence-electron chi connectivity index (χ2n) is 8.66. The largest absolute Gasteiger partial charge is 0.342 e. The summed E-state index contributed by atoms with van der Waals surface area (Å²) in [4.78, 5) is 29.5. The zero-order chi connectivity index (χ0) is 25.6. The van der Waals surface area contributed by atoms with Crippen molar-refractivity contribution >= 4 is 75.0 Å². The molecular formula is C28H21Cl2N3O2S. The highest BCUT2D eigenvalue weighted by atomic mass is 35.5. The van der Waals surface area contributed by atoms with Crippen molar-refractivity contribution in [3.63, 3.8) is 0 Å². The molecule has 0 radical (unpaired) electrons. The van der Waals surface area contributed by atoms with Crippen LogP contribution < -0.4 is 4.90 Å². The Bertz CT molecular complexity index is 1570. The molecule has 0 saturated carbocycles. The van der Waals surface area contributed by atoms with Gasteiger partial charge >= 0.3 is 0 Å². The van der Waals surface area contributed by atoms with Crippen LogP contribution in [-0.4, -0.2) is 33.4 Å². The minimum Gasteiger partial charge on any atom is -0.342 e. The maximum Gasteiger partial charge on any atom is 0.270 e. The lowest BCUT2D eigenvalue weighted by molar-refractivity contribution is -0.127. The van der Waals surface area contributed by atoms with Crippen molar-refractivity contribution < 1.29 is 9.59 Å². The number of aryl methyl sites for hydroxylation is 1. The number of likely N-dealkylation sites (N-methyl/N-ethyl adjacent to an activating group) is 1. The molecule has 2 heterocycles. The number of carbonyl (C=O) groups excluding carboxylic acids is 2. The normalized spacial score (nSPS) is 15.4. The summed E-state index contributed by atoms with van der Waals surface area (Å²) in [7, 11) is 1.58. The topological polar surface area (TPSA) is 45.6 Å². The Labute approximate surface area is 224 Å². The molecule has 36 heavy (non-hydrogen) atoms. The fraction of sp³-hybridized carbons (Fsp3) is 0.107. The fourth-order valence-electron chi connectivity index (χ4n) is 4.27. The van der Waals surface area contributed by atoms with Gasteiger partial charge < -0.3 is 4.57 Å². The third kappa shape index (κ3) is 4.32. The Hall–Kier alpha value is -3.45. The van der Waals surface area contributed by atoms with E-state index < -0.39 is 11.8 Å². The van der Waals surface area contributed by atoms with Gasteiger partial charge in [0.2, 0.25) is 0 Å². The highest BCUT2D eigenvalue weighted by Crippen LogP contribution is 2.30. The third-order valence-corrected chi connectivity index (χ3v) is 7.39. The second-order valence-corrected chi connectivity index (χ2v) is 9.84. The highest BCUT2D eigenvalue weighted by molar-refractivity contribution is 7.80. The van der Waals surface area contributed by atoms with Crippen molar-refractivity contribution in [1.29, 1.82) is 0 Å². The first kappa shape index (κ1) is 24.3. The fourth-order valence-corrected chi connectivity index (χ4v) is 4.86. The van der Waals surface area contributed by atoms with E-state index in [0.717, 1.165) is 27.6 Å². The van der Waals surface area contributed by atoms with Crippen LogP contribution in [0, 0.1) is 6.92 Å². The van der Waals surface area contributed by atoms with Gasteiger partial charge in [-0.25, -0.2) is 0 Å². The molecule has 8 heteroatoms. The first-order chi connectivity index (χ1) is 17.2. The molecule has 4 aromatic rings. The van der Waals surface area contributed by atoms with E-state index in [9.17, 15) is 9.59 Å². The monoisotopic (exact) mass is 533 g/mol. The lowest BCUT2D eigenvalue weighted by Gasteiger charge is -2.34. The summed E-state index contributed by atoms with van der Waals surface area (Å²) in [6.45, 7) is 2.51. The van der Waals surface area contributed by atoms with Crippen LogP contribution in [0.3, 0.4) is 0 Å². The maximum absolute atomic E-state index is 13.6. The van der Waals surface area contributed by atoms with E-state index in [2.05, 4.69) is 4.57 Å². The zero-order valence-electron chi connectivity index (χ0n) is 19.5. The van der Waals surface area contributed by atoms with Gasteiger partial charge in [-0.3, -0.25) is 19.4 Å². The lowest BCUT2D eigenvalue weighted by atomic mass is 10.1. The van der Waals surface area contributed by atoms with Crippen molar-refractivity contribution in [3.8, 4) is 0 Å². The summed E-state index contributed by atoms with van der Waals surface area (Å²) >= 11 is 17.8. The van der Waals surface area contributed by atoms with Crippen LogP contribution in [0.2, 0.25) is 10.0 Å². The van der Waals surface area contributed by atoms with Crippen molar-refractivity contribution in [1.82, 2.24) is 9.47 Å². The molecular weight excluding hydrogens is 513 g/mol. The number of anilines is 1. The predicted molar refractivity (Wildman–Crippen MR) is 150 cm³/mol. The minimum absolute atomic E-state index is 0.0455. The number of hydrogen-bond acceptors (Lipinski definition) is 3. The van der Waals surface area contributed by atoms with Crippen molar-refractivity contribution in [2.45, 2.75) is 13.5 Å². The predicted octanol–water partition coefficient (Wildman–Crippen LogP) is 6.48. The molecule has 1 aromatic heterocycles. The van der Waals surface area contributed by atoms with E-state index in [-0.39, 0.29) is 10.7 Å². The van der Waals surface area contributed by atoms with Crippen LogP contribution in [0.5, 0.6) is 0 Å². The average Bonchev–Trinajstić information content (AvgIpc) is 3.21. The summed E-state index contributed by atoms with van der Waals surface area (Å²) in [6.07, 6.45) is 3.59. The molecule has 0 atom stereocenters. The molecule has 0 N–H and O–H groups in total. The number of rotatable bonds is 4. The Balaban J connectivity index is 1.58. The van der Waals surface area contributed by atoms with Crippen molar-refractivity contribution in [2.24, 2.45) is 0 Å². The van der Waals surface area contributed by atoms with Gasteiger partial charge in [0, 0.05) is 36.3 Å². The first-order valence-corrected chi connectivity index (χ1v) is 12.4. The number of amides is 2. The van der Waals surface area contributed by atoms with Crippen LogP contribution in [0.4, 0.5) is 5.69 Å². The van der Waals surface area contributed by atoms with E-state index in [1.165, 1.54) is 9.80 Å². The molecule has 1 aliphatic heterocycles. The van der Waals surface area contributed by atoms with Crippen LogP contribution in [0.1, 0.15) is 16.7 Å². The van der Waals surface area contributed by atoms with Crippen molar-refractivity contribution in [2.75, 3.05) is 11.9 Å². The second kappa shape index (κ2) is 9.54. The molecule has 0 unspecified atom stereocenters. The Morgan fingerprint density at radius 2 is 1.64 bits per heavy atom. The Morgan fingerprint density at radius 1 is 0.917 bits per heavy atom. The summed E-state index contributed by atoms with van der Waals surface area (Å²) in [5.74, 6) is -0.886. The summed E-state index contributed by atoms with van der Waals surface area (Å²) in [5, 5.41) is 2.05. The van der Waals surface area contributed by atoms with Gasteiger partial charge in [-0.05, 0) is 61.1 Å². The quantitative estimate of drug-likeness (QED) is 0.171. The Morgan fingerprint density at radius 3 is 2.36 bits per heavy atom. The van der Waals surface area contributed by atoms with Gasteiger partial charge in [-0.2, -0.15) is 0 Å². The molecule has 5 rings (SSSR count). The first-order valence-electron chi connectivity index (χ1n) is 11.2. The van der Waals surface area contributed by atoms with Gasteiger partial charge in [0.15, 0.2) is 5.11 Å². The molecule has 0 aliphatic carbocycles. The number of thiocarbonyl (C=S) groups is 1. The molecule has 2 amide bonds. The van der Waals surface area contributed by atoms with Crippen LogP contribution in [-0.2, 0) is 16.1 Å². The number of halogens is 2. The lowest BCUT2D eigenvalue weighted by Crippen LogP contribution is -2.54. The van der Waals surface area contributed by atoms with E-state index in [4.69, 9.17) is 35.4 Å². The third-order valence-electron chi connectivity index (χ3n) is 6.20. The number of benzene rings is 3. The SMILES string of the molecule is Cc1ccc(N2C(=O)/C(=C/c3cn(Cc4ccc(Cl)c(Cl)c4)c4ccccc34)C(=O)N(C)C2=S)cc1. The van der Waals surface area contributed by atoms with Gasteiger partial charge in [-0.15, -0.1) is 0 Å². The van der Waals surface area contributed by atoms with Crippen LogP contribution in [0.25, 0.3) is 17.0 Å². The molecule has 5 nitrogen and oxygen atoms in total. The molecule has 0 spiro atoms. The molecule has 3 aromatic carbocycles. The summed E-state index contributed by atoms with van der Waals surface area (Å²) < 4.78 is 2.06. The number of fused-ring (bicyclic) bond motifs is 1. The average molecular weight is 534 g/mol. The minimum atomic E-state index is -0.451. The number of para-hydroxylation sites is 1. The van der Waals surface area contributed by atoms with E-state index in [1.807, 2.05) is 73.8 Å². The highest BCUT2D eigenvalue weighted by Gasteiger charge is 2.38. The molecule has 0 bridgehead atoms. The van der Waals surface area contributed by atoms with E-state index in [1.54, 1.807) is 19.2 Å².